The van der Waals surface area contributed by atoms with Crippen LogP contribution in [-0.2, 0) is 3.74 Å². The van der Waals surface area contributed by atoms with Crippen LogP contribution in [0.1, 0.15) is 0 Å². The van der Waals surface area contributed by atoms with Gasteiger partial charge >= 0.3 is 106 Å². The number of hydrogen-bond acceptors (Lipinski definition) is 1. The molecule has 0 spiro atoms. The normalized spacial score (nSPS) is 8.43. The zero-order valence-electron chi connectivity index (χ0n) is 3.61. The molecule has 7 heavy (non-hydrogen) atoms. The summed E-state index contributed by atoms with van der Waals surface area (Å²) < 4.78 is 30.7. The molecule has 0 saturated carbocycles. The molecule has 0 aromatic rings. The predicted octanol–water partition coefficient (Wildman–Crippen LogP) is -2.93. The van der Waals surface area contributed by atoms with Crippen LogP contribution in [-0.4, -0.2) is 102 Å². The SMILES string of the molecule is O=[As](O)(O)O.[Ca+2].[Ca+2]. The fourth-order valence-corrected chi connectivity index (χ4v) is 0. The molecule has 0 aromatic heterocycles. The fourth-order valence-electron chi connectivity index (χ4n) is 0. The third-order valence-electron chi connectivity index (χ3n) is 0. The van der Waals surface area contributed by atoms with Crippen LogP contribution < -0.4 is 0 Å². The van der Waals surface area contributed by atoms with Gasteiger partial charge in [-0.25, -0.2) is 0 Å². The molecular formula is H3AsCa2O4+4. The second-order valence-electron chi connectivity index (χ2n) is 0.513. The maximum atomic E-state index is 8.94. The van der Waals surface area contributed by atoms with Gasteiger partial charge in [-0.15, -0.1) is 0 Å². The summed E-state index contributed by atoms with van der Waals surface area (Å²) in [5.41, 5.74) is 0. The Kier molecular flexibility index (Phi) is 16.1. The average Bonchev–Trinajstić information content (AvgIpc) is 0.722. The van der Waals surface area contributed by atoms with Gasteiger partial charge in [-0.3, -0.25) is 0 Å². The second-order valence-corrected chi connectivity index (χ2v) is 2.67. The Morgan fingerprint density at radius 1 is 1.00 bits per heavy atom. The molecule has 0 heterocycles. The minimum absolute atomic E-state index is 0. The molecule has 0 aromatic carbocycles. The van der Waals surface area contributed by atoms with E-state index in [4.69, 9.17) is 16.0 Å². The van der Waals surface area contributed by atoms with Crippen molar-refractivity contribution < 1.29 is 16.0 Å². The third-order valence-corrected chi connectivity index (χ3v) is 0. The van der Waals surface area contributed by atoms with Crippen LogP contribution in [0.4, 0.5) is 0 Å². The van der Waals surface area contributed by atoms with Gasteiger partial charge in [-0.05, 0) is 0 Å². The first-order valence-corrected chi connectivity index (χ1v) is 4.07. The van der Waals surface area contributed by atoms with Gasteiger partial charge in [0.25, 0.3) is 0 Å². The number of rotatable bonds is 0. The average molecular weight is 222 g/mol. The quantitative estimate of drug-likeness (QED) is 0.383. The minimum atomic E-state index is -5.12. The van der Waals surface area contributed by atoms with Gasteiger partial charge in [-0.1, -0.05) is 0 Å². The summed E-state index contributed by atoms with van der Waals surface area (Å²) in [5, 5.41) is 0. The Morgan fingerprint density at radius 2 is 1.00 bits per heavy atom. The monoisotopic (exact) mass is 222 g/mol. The van der Waals surface area contributed by atoms with Crippen LogP contribution >= 0.6 is 0 Å². The summed E-state index contributed by atoms with van der Waals surface area (Å²) >= 11 is -5.12. The summed E-state index contributed by atoms with van der Waals surface area (Å²) in [7, 11) is 0. The van der Waals surface area contributed by atoms with E-state index in [2.05, 4.69) is 0 Å². The molecule has 32 valence electrons. The summed E-state index contributed by atoms with van der Waals surface area (Å²) in [6, 6.07) is 0. The van der Waals surface area contributed by atoms with Crippen molar-refractivity contribution in [1.82, 2.24) is 0 Å². The minimum Gasteiger partial charge on any atom is 2.00 e. The Morgan fingerprint density at radius 3 is 1.00 bits per heavy atom. The molecule has 0 atom stereocenters. The molecule has 3 N–H and O–H groups in total. The van der Waals surface area contributed by atoms with Gasteiger partial charge in [0, 0.05) is 0 Å². The first-order chi connectivity index (χ1) is 2.00. The molecular weight excluding hydrogens is 219 g/mol. The van der Waals surface area contributed by atoms with E-state index >= 15 is 0 Å². The molecule has 4 nitrogen and oxygen atoms in total. The molecule has 0 amide bonds. The van der Waals surface area contributed by atoms with Gasteiger partial charge in [0.2, 0.25) is 0 Å². The van der Waals surface area contributed by atoms with Crippen molar-refractivity contribution in [2.24, 2.45) is 0 Å². The van der Waals surface area contributed by atoms with Crippen LogP contribution in [0.2, 0.25) is 0 Å². The largest absolute Gasteiger partial charge is 2.00 e. The van der Waals surface area contributed by atoms with Gasteiger partial charge in [0.1, 0.15) is 0 Å². The molecule has 0 aliphatic rings. The van der Waals surface area contributed by atoms with Crippen molar-refractivity contribution >= 4 is 90.0 Å². The Balaban J connectivity index is -0.0000000800. The second kappa shape index (κ2) is 6.87. The summed E-state index contributed by atoms with van der Waals surface area (Å²) in [4.78, 5) is 0. The Hall–Kier alpha value is 2.76. The van der Waals surface area contributed by atoms with E-state index in [1.807, 2.05) is 0 Å². The predicted molar refractivity (Wildman–Crippen MR) is 24.6 cm³/mol. The van der Waals surface area contributed by atoms with Gasteiger partial charge in [0.05, 0.1) is 0 Å². The maximum absolute atomic E-state index is 8.94. The van der Waals surface area contributed by atoms with Crippen LogP contribution in [0.15, 0.2) is 0 Å². The van der Waals surface area contributed by atoms with Crippen LogP contribution in [0.25, 0.3) is 0 Å². The van der Waals surface area contributed by atoms with E-state index in [1.165, 1.54) is 0 Å². The Bertz CT molecular complexity index is 55.8. The summed E-state index contributed by atoms with van der Waals surface area (Å²) in [6.07, 6.45) is 0. The van der Waals surface area contributed by atoms with E-state index < -0.39 is 14.5 Å². The molecule has 0 aliphatic heterocycles. The smallest absolute Gasteiger partial charge is 2.00 e. The van der Waals surface area contributed by atoms with Crippen molar-refractivity contribution in [3.8, 4) is 0 Å². The summed E-state index contributed by atoms with van der Waals surface area (Å²) in [5.74, 6) is 0. The molecule has 0 fully saturated rings. The van der Waals surface area contributed by atoms with E-state index in [1.54, 1.807) is 0 Å². The fraction of sp³-hybridized carbons (Fsp3) is 0. The van der Waals surface area contributed by atoms with Crippen molar-refractivity contribution in [3.05, 3.63) is 0 Å². The van der Waals surface area contributed by atoms with Crippen molar-refractivity contribution in [2.45, 2.75) is 0 Å². The van der Waals surface area contributed by atoms with Gasteiger partial charge < -0.3 is 0 Å². The van der Waals surface area contributed by atoms with Crippen molar-refractivity contribution in [3.63, 3.8) is 0 Å². The van der Waals surface area contributed by atoms with E-state index in [0.717, 1.165) is 0 Å². The first-order valence-electron chi connectivity index (χ1n) is 0.783. The van der Waals surface area contributed by atoms with E-state index in [0.29, 0.717) is 0 Å². The molecule has 7 heteroatoms. The maximum Gasteiger partial charge on any atom is 2.00 e. The van der Waals surface area contributed by atoms with E-state index in [9.17, 15) is 0 Å². The zero-order chi connectivity index (χ0) is 4.50. The van der Waals surface area contributed by atoms with Crippen LogP contribution in [0.3, 0.4) is 0 Å². The molecule has 0 bridgehead atoms. The van der Waals surface area contributed by atoms with Gasteiger partial charge in [0.15, 0.2) is 0 Å². The molecule has 0 rings (SSSR count). The van der Waals surface area contributed by atoms with E-state index in [-0.39, 0.29) is 75.5 Å². The first kappa shape index (κ1) is 16.4. The van der Waals surface area contributed by atoms with Crippen LogP contribution in [0, 0.1) is 0 Å². The zero-order valence-corrected chi connectivity index (χ0v) is 9.90. The standard InChI is InChI=1S/AsH3O4.2Ca/c2-1(3,4)5;;/h(H3,2,3,4,5);;/q;2*+2. The third kappa shape index (κ3) is 52.6. The van der Waals surface area contributed by atoms with Crippen LogP contribution in [0.5, 0.6) is 0 Å². The number of hydrogen-bond donors (Lipinski definition) is 3. The van der Waals surface area contributed by atoms with Crippen molar-refractivity contribution in [1.29, 1.82) is 0 Å². The topological polar surface area (TPSA) is 77.8 Å². The summed E-state index contributed by atoms with van der Waals surface area (Å²) in [6.45, 7) is 0. The van der Waals surface area contributed by atoms with Gasteiger partial charge in [-0.2, -0.15) is 0 Å². The molecule has 0 aliphatic carbocycles. The Labute approximate surface area is 104 Å². The molecule has 0 radical (unpaired) electrons. The molecule has 0 saturated heterocycles. The van der Waals surface area contributed by atoms with Crippen molar-refractivity contribution in [2.75, 3.05) is 0 Å². The molecule has 0 unspecified atom stereocenters.